The van der Waals surface area contributed by atoms with Gasteiger partial charge >= 0.3 is 0 Å². The summed E-state index contributed by atoms with van der Waals surface area (Å²) >= 11 is 3.26. The zero-order chi connectivity index (χ0) is 12.8. The number of carbonyl (C=O) groups is 1. The molecule has 0 aromatic heterocycles. The van der Waals surface area contributed by atoms with Crippen LogP contribution in [0.3, 0.4) is 0 Å². The zero-order valence-corrected chi connectivity index (χ0v) is 11.7. The maximum Gasteiger partial charge on any atom is 0.138 e. The van der Waals surface area contributed by atoms with Gasteiger partial charge in [-0.15, -0.1) is 0 Å². The summed E-state index contributed by atoms with van der Waals surface area (Å²) < 4.78 is 13.5. The van der Waals surface area contributed by atoms with Crippen molar-refractivity contribution >= 4 is 21.7 Å². The van der Waals surface area contributed by atoms with Crippen molar-refractivity contribution in [3.05, 3.63) is 34.1 Å². The van der Waals surface area contributed by atoms with Gasteiger partial charge in [-0.2, -0.15) is 0 Å². The minimum Gasteiger partial charge on any atom is -0.314 e. The summed E-state index contributed by atoms with van der Waals surface area (Å²) in [6.07, 6.45) is 0.850. The molecule has 1 aromatic rings. The third kappa shape index (κ3) is 5.41. The highest BCUT2D eigenvalue weighted by atomic mass is 79.9. The summed E-state index contributed by atoms with van der Waals surface area (Å²) in [5.41, 5.74) is 0.834. The SMILES string of the molecule is CC(C)NCCC(=O)Cc1ccc(F)cc1Br. The van der Waals surface area contributed by atoms with Crippen LogP contribution >= 0.6 is 15.9 Å². The molecule has 0 aliphatic rings. The molecule has 1 N–H and O–H groups in total. The third-order valence-electron chi connectivity index (χ3n) is 2.36. The molecular weight excluding hydrogens is 285 g/mol. The van der Waals surface area contributed by atoms with E-state index in [-0.39, 0.29) is 11.6 Å². The molecule has 0 bridgehead atoms. The van der Waals surface area contributed by atoms with Gasteiger partial charge in [-0.05, 0) is 17.7 Å². The molecule has 17 heavy (non-hydrogen) atoms. The molecule has 0 saturated carbocycles. The van der Waals surface area contributed by atoms with Crippen LogP contribution in [0.25, 0.3) is 0 Å². The van der Waals surface area contributed by atoms with Gasteiger partial charge in [-0.3, -0.25) is 4.79 Å². The van der Waals surface area contributed by atoms with Crippen LogP contribution in [-0.2, 0) is 11.2 Å². The molecule has 0 heterocycles. The predicted octanol–water partition coefficient (Wildman–Crippen LogP) is 3.09. The Labute approximate surface area is 110 Å². The van der Waals surface area contributed by atoms with E-state index in [1.807, 2.05) is 13.8 Å². The number of hydrogen-bond acceptors (Lipinski definition) is 2. The number of halogens is 2. The fourth-order valence-electron chi connectivity index (χ4n) is 1.47. The van der Waals surface area contributed by atoms with Gasteiger partial charge in [0.15, 0.2) is 0 Å². The molecule has 4 heteroatoms. The van der Waals surface area contributed by atoms with Crippen molar-refractivity contribution in [3.8, 4) is 0 Å². The van der Waals surface area contributed by atoms with E-state index in [0.29, 0.717) is 29.9 Å². The highest BCUT2D eigenvalue weighted by Crippen LogP contribution is 2.18. The van der Waals surface area contributed by atoms with Crippen molar-refractivity contribution in [3.63, 3.8) is 0 Å². The monoisotopic (exact) mass is 301 g/mol. The van der Waals surface area contributed by atoms with Crippen molar-refractivity contribution in [2.45, 2.75) is 32.7 Å². The summed E-state index contributed by atoms with van der Waals surface area (Å²) in [6, 6.07) is 4.79. The molecule has 0 radical (unpaired) electrons. The lowest BCUT2D eigenvalue weighted by molar-refractivity contribution is -0.118. The van der Waals surface area contributed by atoms with Gasteiger partial charge in [0.1, 0.15) is 11.6 Å². The van der Waals surface area contributed by atoms with Gasteiger partial charge in [0.25, 0.3) is 0 Å². The average molecular weight is 302 g/mol. The molecule has 0 saturated heterocycles. The zero-order valence-electron chi connectivity index (χ0n) is 10.1. The fraction of sp³-hybridized carbons (Fsp3) is 0.462. The Hall–Kier alpha value is -0.740. The number of hydrogen-bond donors (Lipinski definition) is 1. The predicted molar refractivity (Wildman–Crippen MR) is 70.6 cm³/mol. The van der Waals surface area contributed by atoms with Crippen LogP contribution in [0.15, 0.2) is 22.7 Å². The lowest BCUT2D eigenvalue weighted by Crippen LogP contribution is -2.25. The van der Waals surface area contributed by atoms with Gasteiger partial charge in [0.2, 0.25) is 0 Å². The summed E-state index contributed by atoms with van der Waals surface area (Å²) in [5.74, 6) is -0.139. The van der Waals surface area contributed by atoms with Crippen LogP contribution in [0, 0.1) is 5.82 Å². The normalized spacial score (nSPS) is 10.9. The van der Waals surface area contributed by atoms with Crippen molar-refractivity contribution < 1.29 is 9.18 Å². The number of nitrogens with one attached hydrogen (secondary N) is 1. The Morgan fingerprint density at radius 3 is 2.76 bits per heavy atom. The standard InChI is InChI=1S/C13H17BrFNO/c1-9(2)16-6-5-12(17)7-10-3-4-11(15)8-13(10)14/h3-4,8-9,16H,5-7H2,1-2H3. The first-order valence-electron chi connectivity index (χ1n) is 5.68. The Morgan fingerprint density at radius 2 is 2.18 bits per heavy atom. The van der Waals surface area contributed by atoms with Crippen LogP contribution in [0.2, 0.25) is 0 Å². The van der Waals surface area contributed by atoms with Crippen molar-refractivity contribution in [1.82, 2.24) is 5.32 Å². The largest absolute Gasteiger partial charge is 0.314 e. The second-order valence-corrected chi connectivity index (χ2v) is 5.16. The summed E-state index contributed by atoms with van der Waals surface area (Å²) in [5, 5.41) is 3.19. The molecule has 2 nitrogen and oxygen atoms in total. The van der Waals surface area contributed by atoms with Gasteiger partial charge in [-0.1, -0.05) is 35.8 Å². The highest BCUT2D eigenvalue weighted by Gasteiger charge is 2.07. The van der Waals surface area contributed by atoms with E-state index in [1.54, 1.807) is 6.07 Å². The van der Waals surface area contributed by atoms with E-state index in [0.717, 1.165) is 5.56 Å². The fourth-order valence-corrected chi connectivity index (χ4v) is 1.96. The van der Waals surface area contributed by atoms with Gasteiger partial charge in [0.05, 0.1) is 0 Å². The number of ketones is 1. The Kier molecular flexibility index (Phi) is 5.78. The first-order chi connectivity index (χ1) is 7.99. The molecule has 0 atom stereocenters. The Morgan fingerprint density at radius 1 is 1.47 bits per heavy atom. The van der Waals surface area contributed by atoms with Gasteiger partial charge in [0, 0.05) is 29.9 Å². The number of Topliss-reactive ketones (excluding diaryl/α,β-unsaturated/α-hetero) is 1. The van der Waals surface area contributed by atoms with E-state index >= 15 is 0 Å². The molecule has 0 amide bonds. The maximum atomic E-state index is 12.9. The molecule has 1 aromatic carbocycles. The molecule has 0 spiro atoms. The molecule has 0 aliphatic carbocycles. The lowest BCUT2D eigenvalue weighted by Gasteiger charge is -2.08. The van der Waals surface area contributed by atoms with Crippen LogP contribution in [0.5, 0.6) is 0 Å². The van der Waals surface area contributed by atoms with Gasteiger partial charge in [-0.25, -0.2) is 4.39 Å². The highest BCUT2D eigenvalue weighted by molar-refractivity contribution is 9.10. The number of carbonyl (C=O) groups excluding carboxylic acids is 1. The topological polar surface area (TPSA) is 29.1 Å². The quantitative estimate of drug-likeness (QED) is 0.875. The molecule has 94 valence electrons. The molecule has 0 unspecified atom stereocenters. The van der Waals surface area contributed by atoms with Crippen molar-refractivity contribution in [2.75, 3.05) is 6.54 Å². The van der Waals surface area contributed by atoms with E-state index in [4.69, 9.17) is 0 Å². The number of benzene rings is 1. The smallest absolute Gasteiger partial charge is 0.138 e. The van der Waals surface area contributed by atoms with Crippen LogP contribution in [0.1, 0.15) is 25.8 Å². The van der Waals surface area contributed by atoms with E-state index in [2.05, 4.69) is 21.2 Å². The lowest BCUT2D eigenvalue weighted by atomic mass is 10.1. The Bertz CT molecular complexity index is 393. The minimum atomic E-state index is -0.297. The summed E-state index contributed by atoms with van der Waals surface area (Å²) in [7, 11) is 0. The second-order valence-electron chi connectivity index (χ2n) is 4.31. The second kappa shape index (κ2) is 6.87. The van der Waals surface area contributed by atoms with Gasteiger partial charge < -0.3 is 5.32 Å². The average Bonchev–Trinajstić information content (AvgIpc) is 2.21. The number of rotatable bonds is 6. The van der Waals surface area contributed by atoms with E-state index < -0.39 is 0 Å². The Balaban J connectivity index is 2.45. The summed E-state index contributed by atoms with van der Waals surface area (Å²) in [6.45, 7) is 4.78. The minimum absolute atomic E-state index is 0.158. The molecule has 0 fully saturated rings. The third-order valence-corrected chi connectivity index (χ3v) is 3.10. The van der Waals surface area contributed by atoms with Crippen LogP contribution < -0.4 is 5.32 Å². The van der Waals surface area contributed by atoms with E-state index in [9.17, 15) is 9.18 Å². The van der Waals surface area contributed by atoms with Crippen molar-refractivity contribution in [2.24, 2.45) is 0 Å². The first kappa shape index (κ1) is 14.3. The van der Waals surface area contributed by atoms with Crippen molar-refractivity contribution in [1.29, 1.82) is 0 Å². The molecule has 1 rings (SSSR count). The molecule has 0 aliphatic heterocycles. The summed E-state index contributed by atoms with van der Waals surface area (Å²) in [4.78, 5) is 11.7. The molecular formula is C13H17BrFNO. The maximum absolute atomic E-state index is 12.9. The van der Waals surface area contributed by atoms with E-state index in [1.165, 1.54) is 12.1 Å². The van der Waals surface area contributed by atoms with Crippen LogP contribution in [-0.4, -0.2) is 18.4 Å². The first-order valence-corrected chi connectivity index (χ1v) is 6.47. The van der Waals surface area contributed by atoms with Crippen LogP contribution in [0.4, 0.5) is 4.39 Å².